The maximum atomic E-state index is 11.8. The standard InChI is InChI=1S/C13H16N4O3/c1-3-13(4-2,9-14)16-12(18)15-10-6-5-7-11(8-10)17(19)20/h5-8H,3-4H2,1-2H3,(H2,15,16,18). The highest BCUT2D eigenvalue weighted by molar-refractivity contribution is 5.90. The number of rotatable bonds is 5. The molecule has 7 heteroatoms. The minimum absolute atomic E-state index is 0.111. The smallest absolute Gasteiger partial charge is 0.319 e. The van der Waals surface area contributed by atoms with Crippen LogP contribution < -0.4 is 10.6 Å². The summed E-state index contributed by atoms with van der Waals surface area (Å²) in [6.45, 7) is 3.61. The van der Waals surface area contributed by atoms with E-state index in [4.69, 9.17) is 5.26 Å². The monoisotopic (exact) mass is 276 g/mol. The van der Waals surface area contributed by atoms with E-state index in [1.54, 1.807) is 19.9 Å². The molecule has 0 unspecified atom stereocenters. The van der Waals surface area contributed by atoms with Crippen molar-refractivity contribution >= 4 is 17.4 Å². The molecular weight excluding hydrogens is 260 g/mol. The van der Waals surface area contributed by atoms with Gasteiger partial charge in [-0.15, -0.1) is 0 Å². The Kier molecular flexibility index (Phi) is 5.03. The van der Waals surface area contributed by atoms with Gasteiger partial charge in [0.1, 0.15) is 5.54 Å². The fourth-order valence-corrected chi connectivity index (χ4v) is 1.69. The first-order chi connectivity index (χ1) is 9.46. The summed E-state index contributed by atoms with van der Waals surface area (Å²) >= 11 is 0. The molecule has 106 valence electrons. The van der Waals surface area contributed by atoms with Crippen LogP contribution in [0.4, 0.5) is 16.2 Å². The minimum Gasteiger partial charge on any atom is -0.319 e. The van der Waals surface area contributed by atoms with E-state index in [2.05, 4.69) is 16.7 Å². The Hall–Kier alpha value is -2.62. The van der Waals surface area contributed by atoms with Gasteiger partial charge in [0, 0.05) is 17.8 Å². The van der Waals surface area contributed by atoms with Gasteiger partial charge in [0.15, 0.2) is 0 Å². The first-order valence-corrected chi connectivity index (χ1v) is 6.21. The van der Waals surface area contributed by atoms with Crippen molar-refractivity contribution in [3.05, 3.63) is 34.4 Å². The second-order valence-corrected chi connectivity index (χ2v) is 4.29. The Labute approximate surface area is 116 Å². The topological polar surface area (TPSA) is 108 Å². The first-order valence-electron chi connectivity index (χ1n) is 6.21. The molecule has 1 aromatic rings. The molecule has 1 rings (SSSR count). The van der Waals surface area contributed by atoms with Crippen molar-refractivity contribution in [2.45, 2.75) is 32.2 Å². The van der Waals surface area contributed by atoms with Gasteiger partial charge in [0.05, 0.1) is 11.0 Å². The van der Waals surface area contributed by atoms with Crippen LogP contribution in [0.3, 0.4) is 0 Å². The molecule has 0 saturated heterocycles. The number of nitrogens with zero attached hydrogens (tertiary/aromatic N) is 2. The number of nitro groups is 1. The Morgan fingerprint density at radius 3 is 2.60 bits per heavy atom. The lowest BCUT2D eigenvalue weighted by Gasteiger charge is -2.24. The summed E-state index contributed by atoms with van der Waals surface area (Å²) in [5.74, 6) is 0. The van der Waals surface area contributed by atoms with Crippen LogP contribution in [-0.2, 0) is 0 Å². The van der Waals surface area contributed by atoms with E-state index in [1.807, 2.05) is 0 Å². The maximum absolute atomic E-state index is 11.8. The highest BCUT2D eigenvalue weighted by Gasteiger charge is 2.27. The molecule has 0 aliphatic rings. The molecule has 7 nitrogen and oxygen atoms in total. The van der Waals surface area contributed by atoms with Gasteiger partial charge in [-0.25, -0.2) is 4.79 Å². The van der Waals surface area contributed by atoms with Crippen LogP contribution in [0.2, 0.25) is 0 Å². The normalized spacial score (nSPS) is 10.4. The minimum atomic E-state index is -0.926. The summed E-state index contributed by atoms with van der Waals surface area (Å²) in [4.78, 5) is 21.9. The third-order valence-corrected chi connectivity index (χ3v) is 3.09. The van der Waals surface area contributed by atoms with Crippen LogP contribution >= 0.6 is 0 Å². The van der Waals surface area contributed by atoms with Gasteiger partial charge in [-0.3, -0.25) is 10.1 Å². The lowest BCUT2D eigenvalue weighted by Crippen LogP contribution is -2.48. The number of non-ortho nitro benzene ring substituents is 1. The number of carbonyl (C=O) groups excluding carboxylic acids is 1. The summed E-state index contributed by atoms with van der Waals surface area (Å²) < 4.78 is 0. The number of carbonyl (C=O) groups is 1. The maximum Gasteiger partial charge on any atom is 0.320 e. The Morgan fingerprint density at radius 2 is 2.10 bits per heavy atom. The molecule has 0 heterocycles. The molecule has 20 heavy (non-hydrogen) atoms. The number of nitro benzene ring substituents is 1. The fraction of sp³-hybridized carbons (Fsp3) is 0.385. The van der Waals surface area contributed by atoms with Gasteiger partial charge in [-0.2, -0.15) is 5.26 Å². The van der Waals surface area contributed by atoms with Crippen molar-refractivity contribution in [1.82, 2.24) is 5.32 Å². The van der Waals surface area contributed by atoms with E-state index < -0.39 is 16.5 Å². The van der Waals surface area contributed by atoms with Crippen molar-refractivity contribution in [1.29, 1.82) is 5.26 Å². The molecule has 0 bridgehead atoms. The average Bonchev–Trinajstić information content (AvgIpc) is 2.45. The zero-order valence-corrected chi connectivity index (χ0v) is 11.3. The number of amides is 2. The largest absolute Gasteiger partial charge is 0.320 e. The molecule has 0 spiro atoms. The zero-order chi connectivity index (χ0) is 15.2. The van der Waals surface area contributed by atoms with Crippen LogP contribution in [0.15, 0.2) is 24.3 Å². The van der Waals surface area contributed by atoms with Crippen LogP contribution in [0.1, 0.15) is 26.7 Å². The predicted octanol–water partition coefficient (Wildman–Crippen LogP) is 2.80. The zero-order valence-electron chi connectivity index (χ0n) is 11.3. The molecule has 0 saturated carbocycles. The Bertz CT molecular complexity index is 547. The molecule has 1 aromatic carbocycles. The van der Waals surface area contributed by atoms with Gasteiger partial charge >= 0.3 is 6.03 Å². The van der Waals surface area contributed by atoms with Crippen molar-refractivity contribution in [3.63, 3.8) is 0 Å². The van der Waals surface area contributed by atoms with Crippen molar-refractivity contribution in [3.8, 4) is 6.07 Å². The van der Waals surface area contributed by atoms with Crippen LogP contribution in [0.5, 0.6) is 0 Å². The number of urea groups is 1. The summed E-state index contributed by atoms with van der Waals surface area (Å²) in [7, 11) is 0. The SMILES string of the molecule is CCC(C#N)(CC)NC(=O)Nc1cccc([N+](=O)[O-])c1. The number of benzene rings is 1. The van der Waals surface area contributed by atoms with E-state index >= 15 is 0 Å². The van der Waals surface area contributed by atoms with Crippen molar-refractivity contribution in [2.24, 2.45) is 0 Å². The lowest BCUT2D eigenvalue weighted by atomic mass is 9.95. The number of nitrogens with one attached hydrogen (secondary N) is 2. The summed E-state index contributed by atoms with van der Waals surface area (Å²) in [6, 6.07) is 7.13. The Morgan fingerprint density at radius 1 is 1.45 bits per heavy atom. The predicted molar refractivity (Wildman–Crippen MR) is 74.2 cm³/mol. The lowest BCUT2D eigenvalue weighted by molar-refractivity contribution is -0.384. The highest BCUT2D eigenvalue weighted by Crippen LogP contribution is 2.18. The van der Waals surface area contributed by atoms with Crippen LogP contribution in [0, 0.1) is 21.4 Å². The number of anilines is 1. The molecule has 2 amide bonds. The second-order valence-electron chi connectivity index (χ2n) is 4.29. The van der Waals surface area contributed by atoms with Crippen molar-refractivity contribution < 1.29 is 9.72 Å². The third kappa shape index (κ3) is 3.68. The third-order valence-electron chi connectivity index (χ3n) is 3.09. The van der Waals surface area contributed by atoms with E-state index in [0.717, 1.165) is 0 Å². The average molecular weight is 276 g/mol. The van der Waals surface area contributed by atoms with E-state index in [1.165, 1.54) is 18.2 Å². The van der Waals surface area contributed by atoms with Gasteiger partial charge in [-0.1, -0.05) is 19.9 Å². The number of hydrogen-bond acceptors (Lipinski definition) is 4. The number of hydrogen-bond donors (Lipinski definition) is 2. The molecule has 0 aliphatic carbocycles. The fourth-order valence-electron chi connectivity index (χ4n) is 1.69. The second kappa shape index (κ2) is 6.52. The highest BCUT2D eigenvalue weighted by atomic mass is 16.6. The quantitative estimate of drug-likeness (QED) is 0.636. The van der Waals surface area contributed by atoms with E-state index in [-0.39, 0.29) is 5.69 Å². The molecule has 0 aromatic heterocycles. The van der Waals surface area contributed by atoms with Gasteiger partial charge in [-0.05, 0) is 18.9 Å². The van der Waals surface area contributed by atoms with Crippen LogP contribution in [-0.4, -0.2) is 16.5 Å². The first kappa shape index (κ1) is 15.4. The molecular formula is C13H16N4O3. The summed E-state index contributed by atoms with van der Waals surface area (Å²) in [5.41, 5.74) is -0.735. The molecule has 0 atom stereocenters. The molecule has 2 N–H and O–H groups in total. The number of nitriles is 1. The molecule has 0 radical (unpaired) electrons. The van der Waals surface area contributed by atoms with Crippen LogP contribution in [0.25, 0.3) is 0 Å². The van der Waals surface area contributed by atoms with Gasteiger partial charge in [0.25, 0.3) is 5.69 Å². The Balaban J connectivity index is 2.79. The van der Waals surface area contributed by atoms with Gasteiger partial charge in [0.2, 0.25) is 0 Å². The molecule has 0 fully saturated rings. The van der Waals surface area contributed by atoms with E-state index in [0.29, 0.717) is 18.5 Å². The summed E-state index contributed by atoms with van der Waals surface area (Å²) in [6.07, 6.45) is 0.949. The van der Waals surface area contributed by atoms with Crippen molar-refractivity contribution in [2.75, 3.05) is 5.32 Å². The summed E-state index contributed by atoms with van der Waals surface area (Å²) in [5, 5.41) is 24.9. The van der Waals surface area contributed by atoms with E-state index in [9.17, 15) is 14.9 Å². The molecule has 0 aliphatic heterocycles. The van der Waals surface area contributed by atoms with Gasteiger partial charge < -0.3 is 10.6 Å².